The molecule has 1 spiro atoms. The van der Waals surface area contributed by atoms with Crippen LogP contribution in [-0.2, 0) is 14.4 Å². The minimum absolute atomic E-state index is 0.146. The first-order valence-corrected chi connectivity index (χ1v) is 5.92. The van der Waals surface area contributed by atoms with Crippen LogP contribution >= 0.6 is 0 Å². The molecule has 0 bridgehead atoms. The first-order valence-electron chi connectivity index (χ1n) is 5.92. The quantitative estimate of drug-likeness (QED) is 0.504. The molecule has 0 aliphatic carbocycles. The average molecular weight is 255 g/mol. The number of carbonyl (C=O) groups is 3. The van der Waals surface area contributed by atoms with Crippen LogP contribution in [0.15, 0.2) is 0 Å². The zero-order chi connectivity index (χ0) is 13.5. The number of primary amides is 1. The highest BCUT2D eigenvalue weighted by Gasteiger charge is 2.57. The lowest BCUT2D eigenvalue weighted by molar-refractivity contribution is -0.176. The minimum atomic E-state index is -1.01. The maximum atomic E-state index is 12.2. The number of nitrogens with one attached hydrogen (secondary N) is 1. The second-order valence-electron chi connectivity index (χ2n) is 5.08. The summed E-state index contributed by atoms with van der Waals surface area (Å²) in [6.45, 7) is 2.19. The summed E-state index contributed by atoms with van der Waals surface area (Å²) in [6.07, 6.45) is -0.297. The van der Waals surface area contributed by atoms with E-state index in [2.05, 4.69) is 5.32 Å². The van der Waals surface area contributed by atoms with Gasteiger partial charge in [-0.2, -0.15) is 0 Å². The Bertz CT molecular complexity index is 409. The topological polar surface area (TPSA) is 113 Å². The summed E-state index contributed by atoms with van der Waals surface area (Å²) in [5.41, 5.74) is 4.49. The first kappa shape index (κ1) is 12.8. The first-order chi connectivity index (χ1) is 8.37. The van der Waals surface area contributed by atoms with Crippen molar-refractivity contribution in [1.82, 2.24) is 10.2 Å². The highest BCUT2D eigenvalue weighted by Crippen LogP contribution is 2.41. The van der Waals surface area contributed by atoms with Crippen LogP contribution in [0, 0.1) is 5.41 Å². The minimum Gasteiger partial charge on any atom is -0.391 e. The summed E-state index contributed by atoms with van der Waals surface area (Å²) in [6, 6.07) is -1.01. The van der Waals surface area contributed by atoms with Crippen LogP contribution in [0.2, 0.25) is 0 Å². The fraction of sp³-hybridized carbons (Fsp3) is 0.727. The lowest BCUT2D eigenvalue weighted by Gasteiger charge is -2.52. The van der Waals surface area contributed by atoms with Crippen LogP contribution in [0.1, 0.15) is 19.8 Å². The van der Waals surface area contributed by atoms with Gasteiger partial charge in [0.2, 0.25) is 17.7 Å². The normalized spacial score (nSPS) is 30.7. The molecule has 4 N–H and O–H groups in total. The van der Waals surface area contributed by atoms with E-state index >= 15 is 0 Å². The summed E-state index contributed by atoms with van der Waals surface area (Å²) < 4.78 is 0. The van der Waals surface area contributed by atoms with Gasteiger partial charge in [0.25, 0.3) is 0 Å². The Morgan fingerprint density at radius 2 is 2.22 bits per heavy atom. The Hall–Kier alpha value is -1.63. The van der Waals surface area contributed by atoms with E-state index in [0.717, 1.165) is 0 Å². The maximum Gasteiger partial charge on any atom is 0.242 e. The van der Waals surface area contributed by atoms with Crippen LogP contribution in [0.5, 0.6) is 0 Å². The fourth-order valence-electron chi connectivity index (χ4n) is 2.77. The molecule has 0 aromatic heterocycles. The van der Waals surface area contributed by atoms with Crippen molar-refractivity contribution in [2.45, 2.75) is 31.9 Å². The number of hydrogen-bond donors (Lipinski definition) is 3. The Morgan fingerprint density at radius 1 is 1.56 bits per heavy atom. The average Bonchev–Trinajstić information content (AvgIpc) is 2.27. The lowest BCUT2D eigenvalue weighted by Crippen LogP contribution is -2.71. The standard InChI is InChI=1S/C11H17N3O4/c1-6(15)8(9(12)17)14-5-11(10(14)18)2-3-13-7(16)4-11/h6,8,15H,2-5H2,1H3,(H2,12,17)(H,13,16)/t6-,8+,11?/m1/s1. The Morgan fingerprint density at radius 3 is 2.67 bits per heavy atom. The molecule has 2 saturated heterocycles. The van der Waals surface area contributed by atoms with Crippen molar-refractivity contribution in [3.05, 3.63) is 0 Å². The summed E-state index contributed by atoms with van der Waals surface area (Å²) in [5, 5.41) is 12.2. The number of piperidine rings is 1. The number of nitrogens with two attached hydrogens (primary N) is 1. The van der Waals surface area contributed by atoms with Gasteiger partial charge in [-0.15, -0.1) is 0 Å². The molecule has 2 heterocycles. The van der Waals surface area contributed by atoms with E-state index < -0.39 is 23.5 Å². The van der Waals surface area contributed by atoms with Gasteiger partial charge in [-0.3, -0.25) is 14.4 Å². The molecule has 2 fully saturated rings. The number of nitrogens with zero attached hydrogens (tertiary/aromatic N) is 1. The molecule has 2 aliphatic heterocycles. The van der Waals surface area contributed by atoms with E-state index in [-0.39, 0.29) is 18.2 Å². The van der Waals surface area contributed by atoms with Crippen LogP contribution < -0.4 is 11.1 Å². The molecule has 100 valence electrons. The molecule has 7 nitrogen and oxygen atoms in total. The number of likely N-dealkylation sites (tertiary alicyclic amines) is 1. The highest BCUT2D eigenvalue weighted by atomic mass is 16.3. The Balaban J connectivity index is 2.11. The smallest absolute Gasteiger partial charge is 0.242 e. The molecule has 3 atom stereocenters. The van der Waals surface area contributed by atoms with Crippen molar-refractivity contribution in [2.24, 2.45) is 11.1 Å². The van der Waals surface area contributed by atoms with E-state index in [1.54, 1.807) is 0 Å². The van der Waals surface area contributed by atoms with E-state index in [9.17, 15) is 19.5 Å². The number of amides is 3. The summed E-state index contributed by atoms with van der Waals surface area (Å²) in [7, 11) is 0. The number of hydrogen-bond acceptors (Lipinski definition) is 4. The van der Waals surface area contributed by atoms with Gasteiger partial charge in [0, 0.05) is 19.5 Å². The molecule has 1 unspecified atom stereocenters. The Labute approximate surface area is 104 Å². The van der Waals surface area contributed by atoms with Crippen LogP contribution in [0.25, 0.3) is 0 Å². The van der Waals surface area contributed by atoms with Gasteiger partial charge in [0.15, 0.2) is 0 Å². The second kappa shape index (κ2) is 4.24. The summed E-state index contributed by atoms with van der Waals surface area (Å²) >= 11 is 0. The fourth-order valence-corrected chi connectivity index (χ4v) is 2.77. The SMILES string of the molecule is C[C@@H](O)[C@@H](C(N)=O)N1CC2(CCNC(=O)C2)C1=O. The van der Waals surface area contributed by atoms with E-state index in [0.29, 0.717) is 19.5 Å². The molecule has 7 heteroatoms. The van der Waals surface area contributed by atoms with E-state index in [4.69, 9.17) is 5.73 Å². The number of aliphatic hydroxyl groups is 1. The van der Waals surface area contributed by atoms with Gasteiger partial charge in [0.05, 0.1) is 11.5 Å². The van der Waals surface area contributed by atoms with Crippen molar-refractivity contribution in [3.8, 4) is 0 Å². The van der Waals surface area contributed by atoms with Crippen molar-refractivity contribution >= 4 is 17.7 Å². The van der Waals surface area contributed by atoms with Gasteiger partial charge >= 0.3 is 0 Å². The molecule has 0 aromatic carbocycles. The second-order valence-corrected chi connectivity index (χ2v) is 5.08. The van der Waals surface area contributed by atoms with E-state index in [1.807, 2.05) is 0 Å². The molecule has 3 amide bonds. The van der Waals surface area contributed by atoms with Gasteiger partial charge < -0.3 is 21.1 Å². The number of rotatable bonds is 3. The Kier molecular flexibility index (Phi) is 3.02. The largest absolute Gasteiger partial charge is 0.391 e. The molecule has 2 rings (SSSR count). The van der Waals surface area contributed by atoms with Crippen molar-refractivity contribution in [3.63, 3.8) is 0 Å². The highest BCUT2D eigenvalue weighted by molar-refractivity contribution is 5.97. The third-order valence-corrected chi connectivity index (χ3v) is 3.70. The number of aliphatic hydroxyl groups excluding tert-OH is 1. The molecule has 0 aromatic rings. The van der Waals surface area contributed by atoms with Gasteiger partial charge in [-0.25, -0.2) is 0 Å². The maximum absolute atomic E-state index is 12.2. The predicted molar refractivity (Wildman–Crippen MR) is 61.1 cm³/mol. The molecule has 2 aliphatic rings. The van der Waals surface area contributed by atoms with Crippen molar-refractivity contribution < 1.29 is 19.5 Å². The van der Waals surface area contributed by atoms with Gasteiger partial charge in [-0.05, 0) is 13.3 Å². The monoisotopic (exact) mass is 255 g/mol. The van der Waals surface area contributed by atoms with Crippen LogP contribution in [0.4, 0.5) is 0 Å². The third kappa shape index (κ3) is 1.84. The lowest BCUT2D eigenvalue weighted by atomic mass is 9.70. The number of carbonyl (C=O) groups excluding carboxylic acids is 3. The predicted octanol–water partition coefficient (Wildman–Crippen LogP) is -2.04. The summed E-state index contributed by atoms with van der Waals surface area (Å²) in [4.78, 5) is 36.0. The van der Waals surface area contributed by atoms with Gasteiger partial charge in [0.1, 0.15) is 6.04 Å². The zero-order valence-corrected chi connectivity index (χ0v) is 10.2. The molecule has 0 radical (unpaired) electrons. The van der Waals surface area contributed by atoms with Crippen LogP contribution in [-0.4, -0.2) is 53.0 Å². The van der Waals surface area contributed by atoms with Crippen molar-refractivity contribution in [2.75, 3.05) is 13.1 Å². The number of β-lactam (4-membered cyclic amide) rings is 1. The zero-order valence-electron chi connectivity index (χ0n) is 10.2. The molecule has 0 saturated carbocycles. The van der Waals surface area contributed by atoms with Crippen LogP contribution in [0.3, 0.4) is 0 Å². The van der Waals surface area contributed by atoms with E-state index in [1.165, 1.54) is 11.8 Å². The third-order valence-electron chi connectivity index (χ3n) is 3.70. The molecular formula is C11H17N3O4. The summed E-state index contributed by atoms with van der Waals surface area (Å²) in [5.74, 6) is -1.14. The van der Waals surface area contributed by atoms with Gasteiger partial charge in [-0.1, -0.05) is 0 Å². The van der Waals surface area contributed by atoms with Crippen molar-refractivity contribution in [1.29, 1.82) is 0 Å². The molecular weight excluding hydrogens is 238 g/mol. The molecule has 18 heavy (non-hydrogen) atoms.